The van der Waals surface area contributed by atoms with Crippen LogP contribution in [-0.2, 0) is 19.2 Å². The highest BCUT2D eigenvalue weighted by Gasteiger charge is 2.47. The van der Waals surface area contributed by atoms with Gasteiger partial charge in [-0.2, -0.15) is 0 Å². The molecule has 3 heterocycles. The Balaban J connectivity index is 1.24. The molecular weight excluding hydrogens is 504 g/mol. The van der Waals surface area contributed by atoms with Gasteiger partial charge >= 0.3 is 5.97 Å². The van der Waals surface area contributed by atoms with Gasteiger partial charge < -0.3 is 10.0 Å². The van der Waals surface area contributed by atoms with Crippen molar-refractivity contribution in [3.63, 3.8) is 0 Å². The fourth-order valence-electron chi connectivity index (χ4n) is 6.31. The molecule has 4 aliphatic rings. The first-order chi connectivity index (χ1) is 18.7. The second-order valence-electron chi connectivity index (χ2n) is 11.0. The van der Waals surface area contributed by atoms with Crippen molar-refractivity contribution in [2.45, 2.75) is 57.4 Å². The molecule has 5 rings (SSSR count). The lowest BCUT2D eigenvalue weighted by Crippen LogP contribution is -2.54. The van der Waals surface area contributed by atoms with E-state index in [1.54, 1.807) is 18.2 Å². The van der Waals surface area contributed by atoms with E-state index < -0.39 is 35.6 Å². The molecule has 1 aromatic rings. The zero-order valence-electron chi connectivity index (χ0n) is 21.9. The normalized spacial score (nSPS) is 26.5. The molecule has 3 aliphatic heterocycles. The van der Waals surface area contributed by atoms with Gasteiger partial charge in [-0.3, -0.25) is 39.0 Å². The number of rotatable bonds is 5. The molecule has 5 amide bonds. The predicted molar refractivity (Wildman–Crippen MR) is 137 cm³/mol. The van der Waals surface area contributed by atoms with Crippen molar-refractivity contribution in [3.05, 3.63) is 29.3 Å². The number of nitrogens with one attached hydrogen (secondary N) is 1. The number of hydrogen-bond donors (Lipinski definition) is 2. The van der Waals surface area contributed by atoms with Gasteiger partial charge in [0.25, 0.3) is 11.8 Å². The Morgan fingerprint density at radius 3 is 2.28 bits per heavy atom. The number of imide groups is 2. The topological polar surface area (TPSA) is 144 Å². The Bertz CT molecular complexity index is 1270. The standard InChI is InChI=1S/C28H32N4O7/c1-30(15-16-5-7-17(8-6-16)25(35)31-13-11-18(12-14-31)28(38)39)20-4-2-3-19-23(20)27(37)32(26(19)36)21-9-10-22(33)29-24(21)34/h2-4,15-18,21H,5-14H2,1H3,(H-,29,33,34,38,39)/p+1/b30-15-. The highest BCUT2D eigenvalue weighted by atomic mass is 16.4. The first-order valence-corrected chi connectivity index (χ1v) is 13.6. The van der Waals surface area contributed by atoms with E-state index in [2.05, 4.69) is 5.32 Å². The van der Waals surface area contributed by atoms with E-state index in [9.17, 15) is 33.9 Å². The van der Waals surface area contributed by atoms with Gasteiger partial charge in [0.2, 0.25) is 23.4 Å². The predicted octanol–water partition coefficient (Wildman–Crippen LogP) is 1.56. The molecule has 1 aromatic carbocycles. The molecule has 0 aromatic heterocycles. The Labute approximate surface area is 225 Å². The summed E-state index contributed by atoms with van der Waals surface area (Å²) in [6, 6.07) is 4.04. The van der Waals surface area contributed by atoms with Crippen molar-refractivity contribution in [2.75, 3.05) is 20.1 Å². The minimum absolute atomic E-state index is 0.0656. The van der Waals surface area contributed by atoms with Crippen LogP contribution in [0.2, 0.25) is 0 Å². The lowest BCUT2D eigenvalue weighted by molar-refractivity contribution is -0.402. The van der Waals surface area contributed by atoms with Crippen molar-refractivity contribution in [2.24, 2.45) is 17.8 Å². The van der Waals surface area contributed by atoms with Crippen LogP contribution in [-0.4, -0.2) is 87.4 Å². The van der Waals surface area contributed by atoms with Gasteiger partial charge in [0.1, 0.15) is 24.9 Å². The summed E-state index contributed by atoms with van der Waals surface area (Å²) in [5.74, 6) is -3.05. The zero-order chi connectivity index (χ0) is 27.8. The van der Waals surface area contributed by atoms with E-state index in [0.717, 1.165) is 30.6 Å². The summed E-state index contributed by atoms with van der Waals surface area (Å²) in [6.45, 7) is 0.985. The van der Waals surface area contributed by atoms with Crippen molar-refractivity contribution in [1.29, 1.82) is 0 Å². The number of amides is 5. The fourth-order valence-corrected chi connectivity index (χ4v) is 6.31. The summed E-state index contributed by atoms with van der Waals surface area (Å²) in [5.41, 5.74) is 1.06. The lowest BCUT2D eigenvalue weighted by Gasteiger charge is -2.34. The number of fused-ring (bicyclic) bond motifs is 1. The zero-order valence-corrected chi connectivity index (χ0v) is 21.9. The summed E-state index contributed by atoms with van der Waals surface area (Å²) in [4.78, 5) is 77.5. The largest absolute Gasteiger partial charge is 0.481 e. The molecule has 206 valence electrons. The molecule has 1 atom stereocenters. The van der Waals surface area contributed by atoms with Gasteiger partial charge in [-0.25, -0.2) is 4.58 Å². The minimum Gasteiger partial charge on any atom is -0.481 e. The molecule has 0 spiro atoms. The number of piperidine rings is 2. The van der Waals surface area contributed by atoms with Gasteiger partial charge in [-0.15, -0.1) is 0 Å². The number of carboxylic acid groups (broad SMARTS) is 1. The van der Waals surface area contributed by atoms with Gasteiger partial charge in [-0.1, -0.05) is 6.07 Å². The number of nitrogens with zero attached hydrogens (tertiary/aromatic N) is 3. The molecule has 0 radical (unpaired) electrons. The van der Waals surface area contributed by atoms with Crippen LogP contribution in [0.15, 0.2) is 18.2 Å². The summed E-state index contributed by atoms with van der Waals surface area (Å²) in [6.07, 6.45) is 6.27. The molecule has 11 heteroatoms. The molecule has 11 nitrogen and oxygen atoms in total. The van der Waals surface area contributed by atoms with E-state index >= 15 is 0 Å². The molecule has 2 saturated heterocycles. The van der Waals surface area contributed by atoms with Crippen LogP contribution < -0.4 is 5.32 Å². The van der Waals surface area contributed by atoms with Gasteiger partial charge in [0.05, 0.1) is 11.5 Å². The number of aliphatic carboxylic acids is 1. The molecule has 39 heavy (non-hydrogen) atoms. The van der Waals surface area contributed by atoms with Crippen LogP contribution in [0, 0.1) is 17.8 Å². The van der Waals surface area contributed by atoms with Crippen molar-refractivity contribution in [1.82, 2.24) is 15.1 Å². The van der Waals surface area contributed by atoms with Crippen LogP contribution in [0.4, 0.5) is 5.69 Å². The highest BCUT2D eigenvalue weighted by Crippen LogP contribution is 2.35. The lowest BCUT2D eigenvalue weighted by atomic mass is 9.81. The number of carbonyl (C=O) groups excluding carboxylic acids is 5. The third kappa shape index (κ3) is 5.09. The van der Waals surface area contributed by atoms with Gasteiger partial charge in [0, 0.05) is 37.4 Å². The molecule has 2 N–H and O–H groups in total. The smallest absolute Gasteiger partial charge is 0.306 e. The highest BCUT2D eigenvalue weighted by molar-refractivity contribution is 6.25. The number of carbonyl (C=O) groups is 6. The van der Waals surface area contributed by atoms with Crippen molar-refractivity contribution < 1.29 is 38.4 Å². The first kappa shape index (κ1) is 26.7. The van der Waals surface area contributed by atoms with Crippen LogP contribution >= 0.6 is 0 Å². The van der Waals surface area contributed by atoms with Crippen LogP contribution in [0.25, 0.3) is 0 Å². The van der Waals surface area contributed by atoms with E-state index in [-0.39, 0.29) is 47.6 Å². The molecule has 0 bridgehead atoms. The summed E-state index contributed by atoms with van der Waals surface area (Å²) in [5, 5.41) is 11.4. The average Bonchev–Trinajstić information content (AvgIpc) is 3.18. The van der Waals surface area contributed by atoms with E-state index in [1.807, 2.05) is 22.7 Å². The van der Waals surface area contributed by atoms with Gasteiger partial charge in [-0.05, 0) is 51.0 Å². The number of benzene rings is 1. The second-order valence-corrected chi connectivity index (χ2v) is 11.0. The van der Waals surface area contributed by atoms with Crippen LogP contribution in [0.1, 0.15) is 72.1 Å². The van der Waals surface area contributed by atoms with E-state index in [1.165, 1.54) is 0 Å². The average molecular weight is 538 g/mol. The van der Waals surface area contributed by atoms with Gasteiger partial charge in [0.15, 0.2) is 0 Å². The number of carboxylic acids is 1. The minimum atomic E-state index is -1.01. The van der Waals surface area contributed by atoms with Crippen molar-refractivity contribution >= 4 is 47.4 Å². The number of likely N-dealkylation sites (tertiary alicyclic amines) is 1. The fraction of sp³-hybridized carbons (Fsp3) is 0.536. The maximum atomic E-state index is 13.4. The quantitative estimate of drug-likeness (QED) is 0.330. The Kier molecular flexibility index (Phi) is 7.33. The van der Waals surface area contributed by atoms with Crippen LogP contribution in [0.3, 0.4) is 0 Å². The molecular formula is C28H33N4O7+. The molecule has 3 fully saturated rings. The second kappa shape index (κ2) is 10.7. The monoisotopic (exact) mass is 537 g/mol. The molecule has 1 aliphatic carbocycles. The van der Waals surface area contributed by atoms with Crippen molar-refractivity contribution in [3.8, 4) is 0 Å². The molecule has 1 unspecified atom stereocenters. The van der Waals surface area contributed by atoms with E-state index in [4.69, 9.17) is 0 Å². The Morgan fingerprint density at radius 1 is 0.949 bits per heavy atom. The third-order valence-electron chi connectivity index (χ3n) is 8.54. The maximum Gasteiger partial charge on any atom is 0.306 e. The molecule has 1 saturated carbocycles. The summed E-state index contributed by atoms with van der Waals surface area (Å²) in [7, 11) is 1.83. The SMILES string of the molecule is C/[N+](=C/C1CCC(C(=O)N2CCC(C(=O)O)CC2)CC1)c1cccc2c1C(=O)N(C1CCC(=O)NC1=O)C2=O. The summed E-state index contributed by atoms with van der Waals surface area (Å²) < 4.78 is 1.85. The summed E-state index contributed by atoms with van der Waals surface area (Å²) >= 11 is 0. The van der Waals surface area contributed by atoms with Crippen LogP contribution in [0.5, 0.6) is 0 Å². The Morgan fingerprint density at radius 2 is 1.64 bits per heavy atom. The van der Waals surface area contributed by atoms with E-state index in [0.29, 0.717) is 31.6 Å². The number of hydrogen-bond acceptors (Lipinski definition) is 6. The first-order valence-electron chi connectivity index (χ1n) is 13.6. The third-order valence-corrected chi connectivity index (χ3v) is 8.54. The maximum absolute atomic E-state index is 13.4. The Hall–Kier alpha value is -3.89.